The Kier molecular flexibility index (Phi) is 9.00. The highest BCUT2D eigenvalue weighted by atomic mass is 28.4. The molecule has 0 radical (unpaired) electrons. The first-order valence-electron chi connectivity index (χ1n) is 12.0. The molecule has 1 fully saturated rings. The Morgan fingerprint density at radius 1 is 0.882 bits per heavy atom. The Bertz CT molecular complexity index is 815. The Morgan fingerprint density at radius 3 is 1.82 bits per heavy atom. The van der Waals surface area contributed by atoms with Crippen LogP contribution in [0.25, 0.3) is 0 Å². The van der Waals surface area contributed by atoms with E-state index in [9.17, 15) is 15.0 Å². The molecule has 7 nitrogen and oxygen atoms in total. The van der Waals surface area contributed by atoms with E-state index in [0.29, 0.717) is 5.56 Å². The van der Waals surface area contributed by atoms with E-state index in [2.05, 4.69) is 67.7 Å². The number of aliphatic hydroxyl groups is 2. The van der Waals surface area contributed by atoms with Crippen LogP contribution in [0.1, 0.15) is 51.9 Å². The van der Waals surface area contributed by atoms with Gasteiger partial charge in [-0.2, -0.15) is 0 Å². The molecule has 1 aliphatic heterocycles. The molecule has 0 bridgehead atoms. The molecule has 0 aromatic heterocycles. The first-order chi connectivity index (χ1) is 15.4. The zero-order valence-electron chi connectivity index (χ0n) is 22.4. The second-order valence-corrected chi connectivity index (χ2v) is 21.7. The third kappa shape index (κ3) is 6.78. The highest BCUT2D eigenvalue weighted by Crippen LogP contribution is 2.42. The number of benzene rings is 1. The summed E-state index contributed by atoms with van der Waals surface area (Å²) < 4.78 is 24.3. The van der Waals surface area contributed by atoms with E-state index in [-0.39, 0.29) is 16.7 Å². The zero-order valence-corrected chi connectivity index (χ0v) is 24.4. The van der Waals surface area contributed by atoms with Gasteiger partial charge in [0.15, 0.2) is 22.9 Å². The van der Waals surface area contributed by atoms with Crippen LogP contribution in [0.2, 0.25) is 36.3 Å². The molecular weight excluding hydrogens is 468 g/mol. The van der Waals surface area contributed by atoms with Gasteiger partial charge in [-0.3, -0.25) is 0 Å². The molecule has 1 aliphatic rings. The average Bonchev–Trinajstić information content (AvgIpc) is 2.70. The number of hydrogen-bond acceptors (Lipinski definition) is 7. The number of carbonyl (C=O) groups excluding carboxylic acids is 1. The summed E-state index contributed by atoms with van der Waals surface area (Å²) in [6.45, 7) is 20.8. The van der Waals surface area contributed by atoms with E-state index in [0.717, 1.165) is 0 Å². The van der Waals surface area contributed by atoms with Gasteiger partial charge in [0.25, 0.3) is 0 Å². The summed E-state index contributed by atoms with van der Waals surface area (Å²) in [6, 6.07) is 8.62. The fraction of sp³-hybridized carbons (Fsp3) is 0.720. The number of hydrogen-bond donors (Lipinski definition) is 2. The van der Waals surface area contributed by atoms with Crippen molar-refractivity contribution < 1.29 is 33.3 Å². The van der Waals surface area contributed by atoms with E-state index >= 15 is 0 Å². The Labute approximate surface area is 207 Å². The average molecular weight is 513 g/mol. The SMILES string of the molecule is CC(C)(C)[Si](C)(C)O[C@@H]1[C@@H](O[Si](C)(C)C(C)(C)C)[C@H](O)[C@@H](COC(=O)c2ccccc2)O[C@@H]1O. The van der Waals surface area contributed by atoms with Crippen LogP contribution >= 0.6 is 0 Å². The van der Waals surface area contributed by atoms with Gasteiger partial charge in [0, 0.05) is 0 Å². The van der Waals surface area contributed by atoms with E-state index in [4.69, 9.17) is 18.3 Å². The van der Waals surface area contributed by atoms with Crippen LogP contribution in [0.5, 0.6) is 0 Å². The highest BCUT2D eigenvalue weighted by Gasteiger charge is 2.53. The topological polar surface area (TPSA) is 94.5 Å². The lowest BCUT2D eigenvalue weighted by Gasteiger charge is -2.50. The van der Waals surface area contributed by atoms with Gasteiger partial charge in [-0.1, -0.05) is 59.7 Å². The second kappa shape index (κ2) is 10.5. The number of carbonyl (C=O) groups is 1. The Balaban J connectivity index is 2.28. The van der Waals surface area contributed by atoms with Gasteiger partial charge < -0.3 is 28.5 Å². The molecule has 0 unspecified atom stereocenters. The van der Waals surface area contributed by atoms with Crippen molar-refractivity contribution in [3.8, 4) is 0 Å². The van der Waals surface area contributed by atoms with Crippen LogP contribution in [-0.4, -0.2) is 70.1 Å². The maximum Gasteiger partial charge on any atom is 0.338 e. The summed E-state index contributed by atoms with van der Waals surface area (Å²) in [5.74, 6) is -0.521. The molecule has 1 aromatic rings. The third-order valence-electron chi connectivity index (χ3n) is 7.50. The van der Waals surface area contributed by atoms with Crippen molar-refractivity contribution in [2.45, 2.75) is 109 Å². The maximum atomic E-state index is 12.4. The first kappa shape index (κ1) is 29.2. The van der Waals surface area contributed by atoms with E-state index in [1.165, 1.54) is 0 Å². The minimum atomic E-state index is -2.35. The number of esters is 1. The fourth-order valence-electron chi connectivity index (χ4n) is 3.15. The van der Waals surface area contributed by atoms with Gasteiger partial charge in [0.1, 0.15) is 31.0 Å². The van der Waals surface area contributed by atoms with Crippen molar-refractivity contribution in [3.63, 3.8) is 0 Å². The molecule has 1 aromatic carbocycles. The van der Waals surface area contributed by atoms with Crippen molar-refractivity contribution in [1.29, 1.82) is 0 Å². The van der Waals surface area contributed by atoms with Crippen molar-refractivity contribution in [2.75, 3.05) is 6.61 Å². The van der Waals surface area contributed by atoms with Crippen LogP contribution in [0, 0.1) is 0 Å². The maximum absolute atomic E-state index is 12.4. The Morgan fingerprint density at radius 2 is 1.35 bits per heavy atom. The van der Waals surface area contributed by atoms with E-state index in [1.807, 2.05) is 6.07 Å². The van der Waals surface area contributed by atoms with Gasteiger partial charge in [-0.15, -0.1) is 0 Å². The molecule has 0 saturated carbocycles. The van der Waals surface area contributed by atoms with Crippen LogP contribution in [0.3, 0.4) is 0 Å². The number of rotatable bonds is 7. The minimum Gasteiger partial charge on any atom is -0.459 e. The third-order valence-corrected chi connectivity index (χ3v) is 16.4. The molecule has 1 heterocycles. The van der Waals surface area contributed by atoms with E-state index < -0.39 is 53.3 Å². The fourth-order valence-corrected chi connectivity index (χ4v) is 5.75. The molecular formula is C25H44O7Si2. The van der Waals surface area contributed by atoms with Crippen molar-refractivity contribution in [3.05, 3.63) is 35.9 Å². The summed E-state index contributed by atoms with van der Waals surface area (Å²) >= 11 is 0. The lowest BCUT2D eigenvalue weighted by Crippen LogP contribution is -2.65. The number of ether oxygens (including phenoxy) is 2. The largest absolute Gasteiger partial charge is 0.459 e. The molecule has 9 heteroatoms. The predicted molar refractivity (Wildman–Crippen MR) is 138 cm³/mol. The molecule has 5 atom stereocenters. The highest BCUT2D eigenvalue weighted by molar-refractivity contribution is 6.74. The van der Waals surface area contributed by atoms with Crippen LogP contribution in [0.4, 0.5) is 0 Å². The lowest BCUT2D eigenvalue weighted by atomic mass is 9.99. The predicted octanol–water partition coefficient (Wildman–Crippen LogP) is 4.70. The first-order valence-corrected chi connectivity index (χ1v) is 17.8. The summed E-state index contributed by atoms with van der Waals surface area (Å²) in [4.78, 5) is 12.4. The molecule has 34 heavy (non-hydrogen) atoms. The van der Waals surface area contributed by atoms with Crippen LogP contribution in [0.15, 0.2) is 30.3 Å². The molecule has 2 rings (SSSR count). The van der Waals surface area contributed by atoms with Gasteiger partial charge in [-0.05, 0) is 48.4 Å². The van der Waals surface area contributed by atoms with Gasteiger partial charge in [0.05, 0.1) is 5.56 Å². The van der Waals surface area contributed by atoms with Gasteiger partial charge in [0.2, 0.25) is 0 Å². The second-order valence-electron chi connectivity index (χ2n) is 12.2. The summed E-state index contributed by atoms with van der Waals surface area (Å²) in [5, 5.41) is 22.1. The summed E-state index contributed by atoms with van der Waals surface area (Å²) in [7, 11) is -4.68. The smallest absolute Gasteiger partial charge is 0.338 e. The van der Waals surface area contributed by atoms with Crippen LogP contribution < -0.4 is 0 Å². The molecule has 0 spiro atoms. The van der Waals surface area contributed by atoms with E-state index in [1.54, 1.807) is 24.3 Å². The number of aliphatic hydroxyl groups excluding tert-OH is 2. The molecule has 0 aliphatic carbocycles. The van der Waals surface area contributed by atoms with Gasteiger partial charge >= 0.3 is 5.97 Å². The normalized spacial score (nSPS) is 26.9. The molecule has 1 saturated heterocycles. The standard InChI is InChI=1S/C25H44O7Si2/c1-24(2,3)33(7,8)31-20-19(26)18(16-29-22(27)17-14-12-11-13-15-17)30-23(28)21(20)32-34(9,10)25(4,5)6/h11-15,18-21,23,26,28H,16H2,1-10H3/t18-,19-,20+,21-,23+/m1/s1. The van der Waals surface area contributed by atoms with Crippen LogP contribution in [-0.2, 0) is 18.3 Å². The van der Waals surface area contributed by atoms with Crippen molar-refractivity contribution in [1.82, 2.24) is 0 Å². The summed E-state index contributed by atoms with van der Waals surface area (Å²) in [5.41, 5.74) is 0.404. The monoisotopic (exact) mass is 512 g/mol. The zero-order chi connectivity index (χ0) is 26.1. The quantitative estimate of drug-likeness (QED) is 0.404. The van der Waals surface area contributed by atoms with Gasteiger partial charge in [-0.25, -0.2) is 4.79 Å². The van der Waals surface area contributed by atoms with Crippen molar-refractivity contribution in [2.24, 2.45) is 0 Å². The lowest BCUT2D eigenvalue weighted by molar-refractivity contribution is -0.279. The molecule has 194 valence electrons. The molecule has 0 amide bonds. The molecule has 2 N–H and O–H groups in total. The van der Waals surface area contributed by atoms with Crippen molar-refractivity contribution >= 4 is 22.6 Å². The Hall–Kier alpha value is -1.08. The minimum absolute atomic E-state index is 0.110. The summed E-state index contributed by atoms with van der Waals surface area (Å²) in [6.07, 6.45) is -5.09.